The summed E-state index contributed by atoms with van der Waals surface area (Å²) in [6.07, 6.45) is 2.15. The van der Waals surface area contributed by atoms with Crippen molar-refractivity contribution in [3.8, 4) is 5.69 Å². The quantitative estimate of drug-likeness (QED) is 0.574. The molecule has 1 aromatic heterocycles. The molecule has 0 radical (unpaired) electrons. The number of methoxy groups -OCH3 is 1. The molecule has 1 atom stereocenters. The van der Waals surface area contributed by atoms with E-state index in [1.54, 1.807) is 24.3 Å². The number of ether oxygens (including phenoxy) is 1. The normalized spacial score (nSPS) is 17.4. The molecule has 0 spiro atoms. The lowest BCUT2D eigenvalue weighted by atomic mass is 10.1. The minimum Gasteiger partial charge on any atom is -0.350 e. The molecule has 0 saturated carbocycles. The highest BCUT2D eigenvalue weighted by atomic mass is 35.5. The van der Waals surface area contributed by atoms with Crippen LogP contribution in [0.25, 0.3) is 5.69 Å². The van der Waals surface area contributed by atoms with Gasteiger partial charge in [0.15, 0.2) is 0 Å². The second kappa shape index (κ2) is 9.62. The number of amides is 3. The first-order chi connectivity index (χ1) is 16.3. The predicted molar refractivity (Wildman–Crippen MR) is 125 cm³/mol. The summed E-state index contributed by atoms with van der Waals surface area (Å²) in [7, 11) is 1.32. The van der Waals surface area contributed by atoms with E-state index in [9.17, 15) is 18.8 Å². The van der Waals surface area contributed by atoms with E-state index >= 15 is 0 Å². The van der Waals surface area contributed by atoms with Gasteiger partial charge in [-0.1, -0.05) is 11.6 Å². The Bertz CT molecular complexity index is 1280. The van der Waals surface area contributed by atoms with Crippen LogP contribution in [0.5, 0.6) is 0 Å². The van der Waals surface area contributed by atoms with Crippen LogP contribution in [0.4, 0.5) is 20.6 Å². The Balaban J connectivity index is 1.54. The molecule has 0 bridgehead atoms. The van der Waals surface area contributed by atoms with Crippen LogP contribution in [-0.2, 0) is 9.53 Å². The fourth-order valence-corrected chi connectivity index (χ4v) is 3.96. The second-order valence-electron chi connectivity index (χ2n) is 7.57. The van der Waals surface area contributed by atoms with E-state index in [4.69, 9.17) is 16.3 Å². The van der Waals surface area contributed by atoms with Crippen molar-refractivity contribution in [3.05, 3.63) is 82.0 Å². The average molecular weight is 486 g/mol. The van der Waals surface area contributed by atoms with Crippen molar-refractivity contribution in [2.45, 2.75) is 18.6 Å². The Morgan fingerprint density at radius 1 is 1.15 bits per heavy atom. The van der Waals surface area contributed by atoms with Gasteiger partial charge in [-0.05, 0) is 48.9 Å². The number of nitrogens with one attached hydrogen (secondary N) is 2. The van der Waals surface area contributed by atoms with Gasteiger partial charge >= 0.3 is 6.03 Å². The molecule has 11 heteroatoms. The zero-order valence-electron chi connectivity index (χ0n) is 18.1. The van der Waals surface area contributed by atoms with E-state index in [-0.39, 0.29) is 24.3 Å². The third-order valence-electron chi connectivity index (χ3n) is 5.53. The highest BCUT2D eigenvalue weighted by Crippen LogP contribution is 2.33. The molecular formula is C23H21ClFN5O4. The first kappa shape index (κ1) is 23.4. The van der Waals surface area contributed by atoms with Gasteiger partial charge in [-0.3, -0.25) is 14.5 Å². The van der Waals surface area contributed by atoms with Crippen molar-refractivity contribution in [2.24, 2.45) is 0 Å². The van der Waals surface area contributed by atoms with Crippen molar-refractivity contribution in [1.29, 1.82) is 0 Å². The van der Waals surface area contributed by atoms with Crippen LogP contribution in [0.1, 0.15) is 12.8 Å². The van der Waals surface area contributed by atoms with Crippen molar-refractivity contribution < 1.29 is 18.7 Å². The number of anilines is 2. The molecule has 1 aliphatic heterocycles. The number of halogens is 2. The summed E-state index contributed by atoms with van der Waals surface area (Å²) >= 11 is 5.88. The van der Waals surface area contributed by atoms with Gasteiger partial charge in [-0.2, -0.15) is 9.78 Å². The summed E-state index contributed by atoms with van der Waals surface area (Å²) in [5, 5.41) is 9.65. The topological polar surface area (TPSA) is 106 Å². The largest absolute Gasteiger partial charge is 0.350 e. The van der Waals surface area contributed by atoms with Crippen molar-refractivity contribution in [3.63, 3.8) is 0 Å². The van der Waals surface area contributed by atoms with Crippen LogP contribution in [0.3, 0.4) is 0 Å². The number of hydrogen-bond acceptors (Lipinski definition) is 5. The highest BCUT2D eigenvalue weighted by Gasteiger charge is 2.50. The molecule has 176 valence electrons. The van der Waals surface area contributed by atoms with Gasteiger partial charge in [0.1, 0.15) is 5.82 Å². The molecule has 0 unspecified atom stereocenters. The Labute approximate surface area is 199 Å². The third-order valence-corrected chi connectivity index (χ3v) is 5.78. The number of aromatic nitrogens is 2. The first-order valence-electron chi connectivity index (χ1n) is 10.4. The molecular weight excluding hydrogens is 465 g/mol. The first-order valence-corrected chi connectivity index (χ1v) is 10.8. The third kappa shape index (κ3) is 4.50. The Morgan fingerprint density at radius 2 is 1.91 bits per heavy atom. The molecule has 0 aliphatic carbocycles. The van der Waals surface area contributed by atoms with Crippen LogP contribution in [0.15, 0.2) is 65.6 Å². The van der Waals surface area contributed by atoms with E-state index in [0.717, 1.165) is 10.7 Å². The van der Waals surface area contributed by atoms with Crippen LogP contribution < -0.4 is 16.2 Å². The van der Waals surface area contributed by atoms with Gasteiger partial charge in [0.05, 0.1) is 11.4 Å². The van der Waals surface area contributed by atoms with Gasteiger partial charge in [0, 0.05) is 49.1 Å². The van der Waals surface area contributed by atoms with E-state index < -0.39 is 29.0 Å². The fourth-order valence-electron chi connectivity index (χ4n) is 3.83. The minimum absolute atomic E-state index is 0.126. The van der Waals surface area contributed by atoms with Crippen molar-refractivity contribution in [1.82, 2.24) is 14.7 Å². The van der Waals surface area contributed by atoms with E-state index in [0.29, 0.717) is 17.1 Å². The number of nitrogens with zero attached hydrogens (tertiary/aromatic N) is 3. The molecule has 1 fully saturated rings. The molecule has 9 nitrogen and oxygen atoms in total. The van der Waals surface area contributed by atoms with Gasteiger partial charge in [-0.25, -0.2) is 9.18 Å². The van der Waals surface area contributed by atoms with Crippen molar-refractivity contribution in [2.75, 3.05) is 24.3 Å². The van der Waals surface area contributed by atoms with Gasteiger partial charge in [0.2, 0.25) is 5.72 Å². The molecule has 3 amide bonds. The maximum Gasteiger partial charge on any atom is 0.324 e. The molecule has 2 N–H and O–H groups in total. The fraction of sp³-hybridized carbons (Fsp3) is 0.217. The van der Waals surface area contributed by atoms with Crippen LogP contribution in [-0.4, -0.2) is 46.0 Å². The molecule has 34 heavy (non-hydrogen) atoms. The number of hydrogen-bond donors (Lipinski definition) is 2. The van der Waals surface area contributed by atoms with Gasteiger partial charge in [0.25, 0.3) is 11.5 Å². The highest BCUT2D eigenvalue weighted by molar-refractivity contribution is 6.30. The lowest BCUT2D eigenvalue weighted by Gasteiger charge is -2.35. The van der Waals surface area contributed by atoms with E-state index in [1.165, 1.54) is 42.5 Å². The van der Waals surface area contributed by atoms with E-state index in [1.807, 2.05) is 0 Å². The number of benzene rings is 2. The van der Waals surface area contributed by atoms with E-state index in [2.05, 4.69) is 15.7 Å². The molecule has 1 aliphatic rings. The number of carbonyl (C=O) groups is 2. The molecule has 2 heterocycles. The van der Waals surface area contributed by atoms with Crippen LogP contribution >= 0.6 is 11.6 Å². The number of carbonyl (C=O) groups excluding carboxylic acids is 2. The maximum atomic E-state index is 14.8. The van der Waals surface area contributed by atoms with Gasteiger partial charge < -0.3 is 15.4 Å². The summed E-state index contributed by atoms with van der Waals surface area (Å²) in [6, 6.07) is 12.6. The average Bonchev–Trinajstić information content (AvgIpc) is 3.28. The number of rotatable bonds is 5. The van der Waals surface area contributed by atoms with Gasteiger partial charge in [-0.15, -0.1) is 0 Å². The Hall–Kier alpha value is -3.76. The monoisotopic (exact) mass is 485 g/mol. The zero-order valence-corrected chi connectivity index (χ0v) is 18.9. The van der Waals surface area contributed by atoms with Crippen LogP contribution in [0.2, 0.25) is 5.02 Å². The lowest BCUT2D eigenvalue weighted by molar-refractivity contribution is -0.152. The summed E-state index contributed by atoms with van der Waals surface area (Å²) < 4.78 is 21.4. The lowest BCUT2D eigenvalue weighted by Crippen LogP contribution is -2.57. The predicted octanol–water partition coefficient (Wildman–Crippen LogP) is 3.63. The Morgan fingerprint density at radius 3 is 2.59 bits per heavy atom. The van der Waals surface area contributed by atoms with Crippen molar-refractivity contribution >= 4 is 34.9 Å². The number of urea groups is 1. The minimum atomic E-state index is -1.63. The molecule has 3 aromatic rings. The summed E-state index contributed by atoms with van der Waals surface area (Å²) in [5.74, 6) is -1.47. The maximum absolute atomic E-state index is 14.8. The SMILES string of the molecule is CO[C@@]1(C(=O)Nc2ccc(-n3ncccc3=O)cc2F)CCCN1C(=O)Nc1ccc(Cl)cc1. The summed E-state index contributed by atoms with van der Waals surface area (Å²) in [6.45, 7) is 0.269. The standard InChI is InChI=1S/C23H21ClFN5O4/c1-34-23(11-3-13-29(23)22(33)27-16-7-5-15(24)6-8-16)21(32)28-19-10-9-17(14-18(19)25)30-20(31)4-2-12-26-30/h2,4-10,12,14H,3,11,13H2,1H3,(H,27,33)(H,28,32)/t23-/m1/s1. The smallest absolute Gasteiger partial charge is 0.324 e. The molecule has 1 saturated heterocycles. The Kier molecular flexibility index (Phi) is 6.62. The molecule has 4 rings (SSSR count). The van der Waals surface area contributed by atoms with Crippen LogP contribution in [0, 0.1) is 5.82 Å². The second-order valence-corrected chi connectivity index (χ2v) is 8.01. The molecule has 2 aromatic carbocycles. The zero-order chi connectivity index (χ0) is 24.3. The summed E-state index contributed by atoms with van der Waals surface area (Å²) in [4.78, 5) is 39.4. The summed E-state index contributed by atoms with van der Waals surface area (Å²) in [5.41, 5.74) is -1.48. The number of likely N-dealkylation sites (tertiary alicyclic amines) is 1.